The fraction of sp³-hybridized carbons (Fsp3) is 0.533. The molecular weight excluding hydrogens is 240 g/mol. The molecule has 0 saturated carbocycles. The van der Waals surface area contributed by atoms with Gasteiger partial charge in [-0.25, -0.2) is 0 Å². The molecule has 1 aromatic rings. The molecule has 4 nitrogen and oxygen atoms in total. The summed E-state index contributed by atoms with van der Waals surface area (Å²) in [6, 6.07) is 9.28. The minimum Gasteiger partial charge on any atom is -0.388 e. The van der Waals surface area contributed by atoms with Crippen LogP contribution in [0.4, 0.5) is 0 Å². The standard InChI is InChI=1S/C15H22N2O2/c1-11(16)15(19)17-9-7-13(8-10-17)14(18)12-5-3-2-4-6-12/h2-6,11,13-14,18H,7-10,16H2,1H3. The Morgan fingerprint density at radius 2 is 1.89 bits per heavy atom. The average molecular weight is 262 g/mol. The first-order chi connectivity index (χ1) is 9.09. The van der Waals surface area contributed by atoms with Crippen molar-refractivity contribution < 1.29 is 9.90 Å². The van der Waals surface area contributed by atoms with Crippen molar-refractivity contribution in [1.82, 2.24) is 4.90 Å². The van der Waals surface area contributed by atoms with Gasteiger partial charge in [-0.2, -0.15) is 0 Å². The van der Waals surface area contributed by atoms with E-state index in [9.17, 15) is 9.90 Å². The SMILES string of the molecule is CC(N)C(=O)N1CCC(C(O)c2ccccc2)CC1. The maximum absolute atomic E-state index is 11.8. The van der Waals surface area contributed by atoms with Crippen LogP contribution in [0.1, 0.15) is 31.4 Å². The van der Waals surface area contributed by atoms with Crippen LogP contribution in [0.25, 0.3) is 0 Å². The van der Waals surface area contributed by atoms with E-state index in [0.29, 0.717) is 13.1 Å². The van der Waals surface area contributed by atoms with Crippen LogP contribution in [-0.4, -0.2) is 35.0 Å². The summed E-state index contributed by atoms with van der Waals surface area (Å²) in [5, 5.41) is 10.4. The highest BCUT2D eigenvalue weighted by Gasteiger charge is 2.28. The Hall–Kier alpha value is -1.39. The van der Waals surface area contributed by atoms with Gasteiger partial charge in [0.2, 0.25) is 5.91 Å². The number of rotatable bonds is 3. The molecule has 1 fully saturated rings. The van der Waals surface area contributed by atoms with E-state index in [1.165, 1.54) is 0 Å². The molecule has 2 rings (SSSR count). The Morgan fingerprint density at radius 3 is 2.42 bits per heavy atom. The Bertz CT molecular complexity index is 411. The lowest BCUT2D eigenvalue weighted by Gasteiger charge is -2.35. The van der Waals surface area contributed by atoms with Gasteiger partial charge >= 0.3 is 0 Å². The Labute approximate surface area is 114 Å². The van der Waals surface area contributed by atoms with Gasteiger partial charge in [-0.05, 0) is 31.2 Å². The van der Waals surface area contributed by atoms with Gasteiger partial charge in [-0.1, -0.05) is 30.3 Å². The first-order valence-corrected chi connectivity index (χ1v) is 6.87. The molecule has 1 aliphatic rings. The summed E-state index contributed by atoms with van der Waals surface area (Å²) in [5.41, 5.74) is 6.57. The number of carbonyl (C=O) groups is 1. The molecule has 0 bridgehead atoms. The van der Waals surface area contributed by atoms with Crippen molar-refractivity contribution in [3.63, 3.8) is 0 Å². The highest BCUT2D eigenvalue weighted by molar-refractivity contribution is 5.81. The van der Waals surface area contributed by atoms with Crippen LogP contribution in [-0.2, 0) is 4.79 Å². The van der Waals surface area contributed by atoms with Gasteiger partial charge in [-0.3, -0.25) is 4.79 Å². The van der Waals surface area contributed by atoms with Gasteiger partial charge in [0.1, 0.15) is 0 Å². The molecule has 4 heteroatoms. The van der Waals surface area contributed by atoms with Crippen LogP contribution in [0, 0.1) is 5.92 Å². The van der Waals surface area contributed by atoms with Crippen LogP contribution < -0.4 is 5.73 Å². The summed E-state index contributed by atoms with van der Waals surface area (Å²) in [7, 11) is 0. The Kier molecular flexibility index (Phi) is 4.56. The zero-order valence-electron chi connectivity index (χ0n) is 11.3. The maximum Gasteiger partial charge on any atom is 0.239 e. The molecule has 104 valence electrons. The first kappa shape index (κ1) is 14.0. The van der Waals surface area contributed by atoms with E-state index < -0.39 is 12.1 Å². The number of aliphatic hydroxyl groups excluding tert-OH is 1. The molecule has 1 aliphatic heterocycles. The van der Waals surface area contributed by atoms with Crippen molar-refractivity contribution in [3.8, 4) is 0 Å². The van der Waals surface area contributed by atoms with Crippen molar-refractivity contribution in [3.05, 3.63) is 35.9 Å². The molecule has 0 spiro atoms. The zero-order chi connectivity index (χ0) is 13.8. The van der Waals surface area contributed by atoms with Gasteiger partial charge in [0.25, 0.3) is 0 Å². The molecule has 1 amide bonds. The minimum absolute atomic E-state index is 0.00708. The highest BCUT2D eigenvalue weighted by atomic mass is 16.3. The minimum atomic E-state index is -0.436. The molecule has 1 aromatic carbocycles. The van der Waals surface area contributed by atoms with Crippen molar-refractivity contribution in [2.24, 2.45) is 11.7 Å². The molecule has 0 aliphatic carbocycles. The predicted molar refractivity (Wildman–Crippen MR) is 74.4 cm³/mol. The molecule has 0 aromatic heterocycles. The first-order valence-electron chi connectivity index (χ1n) is 6.87. The number of nitrogens with zero attached hydrogens (tertiary/aromatic N) is 1. The van der Waals surface area contributed by atoms with Crippen LogP contribution in [0.5, 0.6) is 0 Å². The second-order valence-corrected chi connectivity index (χ2v) is 5.31. The highest BCUT2D eigenvalue weighted by Crippen LogP contribution is 2.30. The summed E-state index contributed by atoms with van der Waals surface area (Å²) >= 11 is 0. The van der Waals surface area contributed by atoms with Crippen molar-refractivity contribution in [2.45, 2.75) is 31.9 Å². The smallest absolute Gasteiger partial charge is 0.239 e. The van der Waals surface area contributed by atoms with Crippen molar-refractivity contribution in [1.29, 1.82) is 0 Å². The fourth-order valence-corrected chi connectivity index (χ4v) is 2.65. The van der Waals surface area contributed by atoms with E-state index in [-0.39, 0.29) is 11.8 Å². The molecule has 3 N–H and O–H groups in total. The normalized spacial score (nSPS) is 20.1. The van der Waals surface area contributed by atoms with E-state index in [2.05, 4.69) is 0 Å². The fourth-order valence-electron chi connectivity index (χ4n) is 2.65. The molecule has 2 atom stereocenters. The average Bonchev–Trinajstić information content (AvgIpc) is 2.46. The van der Waals surface area contributed by atoms with Gasteiger partial charge in [0.05, 0.1) is 12.1 Å². The predicted octanol–water partition coefficient (Wildman–Crippen LogP) is 1.31. The third-order valence-corrected chi connectivity index (χ3v) is 3.83. The Balaban J connectivity index is 1.91. The molecule has 2 unspecified atom stereocenters. The van der Waals surface area contributed by atoms with Crippen molar-refractivity contribution in [2.75, 3.05) is 13.1 Å². The third kappa shape index (κ3) is 3.33. The molecular formula is C15H22N2O2. The van der Waals surface area contributed by atoms with Gasteiger partial charge in [0.15, 0.2) is 0 Å². The number of carbonyl (C=O) groups excluding carboxylic acids is 1. The lowest BCUT2D eigenvalue weighted by atomic mass is 9.87. The number of amides is 1. The monoisotopic (exact) mass is 262 g/mol. The van der Waals surface area contributed by atoms with Crippen LogP contribution in [0.15, 0.2) is 30.3 Å². The third-order valence-electron chi connectivity index (χ3n) is 3.83. The second-order valence-electron chi connectivity index (χ2n) is 5.31. The maximum atomic E-state index is 11.8. The summed E-state index contributed by atoms with van der Waals surface area (Å²) < 4.78 is 0. The largest absolute Gasteiger partial charge is 0.388 e. The number of hydrogen-bond acceptors (Lipinski definition) is 3. The second kappa shape index (κ2) is 6.17. The van der Waals surface area contributed by atoms with E-state index in [0.717, 1.165) is 18.4 Å². The van der Waals surface area contributed by atoms with Gasteiger partial charge < -0.3 is 15.7 Å². The van der Waals surface area contributed by atoms with Crippen LogP contribution >= 0.6 is 0 Å². The quantitative estimate of drug-likeness (QED) is 0.863. The van der Waals surface area contributed by atoms with E-state index in [1.54, 1.807) is 11.8 Å². The number of nitrogens with two attached hydrogens (primary N) is 1. The van der Waals surface area contributed by atoms with Crippen LogP contribution in [0.2, 0.25) is 0 Å². The van der Waals surface area contributed by atoms with E-state index >= 15 is 0 Å². The zero-order valence-corrected chi connectivity index (χ0v) is 11.3. The van der Waals surface area contributed by atoms with Gasteiger partial charge in [-0.15, -0.1) is 0 Å². The summed E-state index contributed by atoms with van der Waals surface area (Å²) in [4.78, 5) is 13.6. The number of likely N-dealkylation sites (tertiary alicyclic amines) is 1. The van der Waals surface area contributed by atoms with Crippen LogP contribution in [0.3, 0.4) is 0 Å². The van der Waals surface area contributed by atoms with Gasteiger partial charge in [0, 0.05) is 13.1 Å². The Morgan fingerprint density at radius 1 is 1.32 bits per heavy atom. The molecule has 1 saturated heterocycles. The molecule has 19 heavy (non-hydrogen) atoms. The van der Waals surface area contributed by atoms with E-state index in [1.807, 2.05) is 30.3 Å². The van der Waals surface area contributed by atoms with E-state index in [4.69, 9.17) is 5.73 Å². The lowest BCUT2D eigenvalue weighted by Crippen LogP contribution is -2.46. The molecule has 0 radical (unpaired) electrons. The number of benzene rings is 1. The summed E-state index contributed by atoms with van der Waals surface area (Å²) in [5.74, 6) is 0.229. The molecule has 1 heterocycles. The topological polar surface area (TPSA) is 66.6 Å². The summed E-state index contributed by atoms with van der Waals surface area (Å²) in [6.07, 6.45) is 1.22. The lowest BCUT2D eigenvalue weighted by molar-refractivity contribution is -0.134. The van der Waals surface area contributed by atoms with Crippen molar-refractivity contribution >= 4 is 5.91 Å². The number of aliphatic hydroxyl groups is 1. The number of hydrogen-bond donors (Lipinski definition) is 2. The summed E-state index contributed by atoms with van der Waals surface area (Å²) in [6.45, 7) is 3.09. The number of piperidine rings is 1.